The number of benzene rings is 1. The molecular formula is C14H15FO3. The summed E-state index contributed by atoms with van der Waals surface area (Å²) in [5, 5.41) is 11.3. The molecule has 3 nitrogen and oxygen atoms in total. The summed E-state index contributed by atoms with van der Waals surface area (Å²) >= 11 is 0. The summed E-state index contributed by atoms with van der Waals surface area (Å²) in [6.45, 7) is 2.85. The lowest BCUT2D eigenvalue weighted by molar-refractivity contribution is -0.0267. The second-order valence-corrected chi connectivity index (χ2v) is 4.98. The molecule has 2 aromatic rings. The van der Waals surface area contributed by atoms with Crippen LogP contribution in [0.4, 0.5) is 4.39 Å². The maximum atomic E-state index is 13.6. The molecule has 2 heterocycles. The molecule has 0 aliphatic carbocycles. The number of para-hydroxylation sites is 1. The van der Waals surface area contributed by atoms with Crippen molar-refractivity contribution in [3.63, 3.8) is 0 Å². The van der Waals surface area contributed by atoms with Crippen molar-refractivity contribution >= 4 is 11.0 Å². The van der Waals surface area contributed by atoms with Crippen molar-refractivity contribution < 1.29 is 18.7 Å². The average Bonchev–Trinajstić information content (AvgIpc) is 2.99. The molecule has 0 spiro atoms. The molecule has 1 saturated heterocycles. The standard InChI is InChI=1S/C14H15FO3/c1-14(16,10-5-6-17-8-10)12-7-9-3-2-4-11(15)13(9)18-12/h2-4,7,10,16H,5-6,8H2,1H3. The first-order valence-corrected chi connectivity index (χ1v) is 6.07. The van der Waals surface area contributed by atoms with E-state index in [-0.39, 0.29) is 11.5 Å². The van der Waals surface area contributed by atoms with Crippen LogP contribution < -0.4 is 0 Å². The molecule has 2 unspecified atom stereocenters. The van der Waals surface area contributed by atoms with Crippen LogP contribution in [0, 0.1) is 11.7 Å². The van der Waals surface area contributed by atoms with Crippen LogP contribution in [0.2, 0.25) is 0 Å². The van der Waals surface area contributed by atoms with Crippen molar-refractivity contribution in [2.75, 3.05) is 13.2 Å². The van der Waals surface area contributed by atoms with E-state index < -0.39 is 11.4 Å². The third kappa shape index (κ3) is 1.72. The smallest absolute Gasteiger partial charge is 0.170 e. The highest BCUT2D eigenvalue weighted by Gasteiger charge is 2.39. The van der Waals surface area contributed by atoms with Gasteiger partial charge < -0.3 is 14.3 Å². The van der Waals surface area contributed by atoms with Gasteiger partial charge in [0.05, 0.1) is 6.61 Å². The molecule has 96 valence electrons. The van der Waals surface area contributed by atoms with Crippen molar-refractivity contribution in [2.45, 2.75) is 18.9 Å². The predicted octanol–water partition coefficient (Wildman–Crippen LogP) is 2.82. The van der Waals surface area contributed by atoms with E-state index in [2.05, 4.69) is 0 Å². The summed E-state index contributed by atoms with van der Waals surface area (Å²) in [5.41, 5.74) is -0.922. The lowest BCUT2D eigenvalue weighted by Gasteiger charge is -2.26. The summed E-state index contributed by atoms with van der Waals surface area (Å²) < 4.78 is 24.3. The molecule has 18 heavy (non-hydrogen) atoms. The van der Waals surface area contributed by atoms with Crippen LogP contribution in [-0.4, -0.2) is 18.3 Å². The third-order valence-electron chi connectivity index (χ3n) is 3.72. The van der Waals surface area contributed by atoms with Crippen LogP contribution in [0.25, 0.3) is 11.0 Å². The molecule has 1 aromatic carbocycles. The Kier molecular flexibility index (Phi) is 2.64. The molecule has 4 heteroatoms. The highest BCUT2D eigenvalue weighted by atomic mass is 19.1. The number of furan rings is 1. The van der Waals surface area contributed by atoms with E-state index in [4.69, 9.17) is 9.15 Å². The van der Waals surface area contributed by atoms with Crippen molar-refractivity contribution in [3.05, 3.63) is 35.8 Å². The number of ether oxygens (including phenoxy) is 1. The maximum Gasteiger partial charge on any atom is 0.170 e. The minimum atomic E-state index is -1.12. The first kappa shape index (κ1) is 11.7. The molecule has 1 aliphatic heterocycles. The average molecular weight is 250 g/mol. The fourth-order valence-corrected chi connectivity index (χ4v) is 2.46. The summed E-state index contributed by atoms with van der Waals surface area (Å²) in [7, 11) is 0. The fraction of sp³-hybridized carbons (Fsp3) is 0.429. The van der Waals surface area contributed by atoms with E-state index >= 15 is 0 Å². The maximum absolute atomic E-state index is 13.6. The topological polar surface area (TPSA) is 42.6 Å². The predicted molar refractivity (Wildman–Crippen MR) is 64.7 cm³/mol. The summed E-state index contributed by atoms with van der Waals surface area (Å²) in [6.07, 6.45) is 0.784. The quantitative estimate of drug-likeness (QED) is 0.891. The van der Waals surface area contributed by atoms with Crippen molar-refractivity contribution in [1.82, 2.24) is 0 Å². The van der Waals surface area contributed by atoms with E-state index in [0.717, 1.165) is 6.42 Å². The molecule has 0 saturated carbocycles. The SMILES string of the molecule is CC(O)(c1cc2cccc(F)c2o1)C1CCOC1. The van der Waals surface area contributed by atoms with Crippen LogP contribution >= 0.6 is 0 Å². The summed E-state index contributed by atoms with van der Waals surface area (Å²) in [5.74, 6) is -0.0172. The Morgan fingerprint density at radius 1 is 1.44 bits per heavy atom. The van der Waals surface area contributed by atoms with E-state index in [1.165, 1.54) is 6.07 Å². The van der Waals surface area contributed by atoms with Crippen LogP contribution in [0.1, 0.15) is 19.1 Å². The number of hydrogen-bond donors (Lipinski definition) is 1. The minimum absolute atomic E-state index is 0.0128. The Bertz CT molecular complexity index is 567. The van der Waals surface area contributed by atoms with E-state index in [9.17, 15) is 9.50 Å². The Morgan fingerprint density at radius 2 is 2.28 bits per heavy atom. The molecule has 0 radical (unpaired) electrons. The van der Waals surface area contributed by atoms with Crippen LogP contribution in [0.15, 0.2) is 28.7 Å². The molecule has 1 fully saturated rings. The van der Waals surface area contributed by atoms with Crippen molar-refractivity contribution in [1.29, 1.82) is 0 Å². The number of hydrogen-bond acceptors (Lipinski definition) is 3. The van der Waals surface area contributed by atoms with Gasteiger partial charge in [-0.3, -0.25) is 0 Å². The van der Waals surface area contributed by atoms with E-state index in [1.54, 1.807) is 25.1 Å². The van der Waals surface area contributed by atoms with Gasteiger partial charge in [-0.1, -0.05) is 12.1 Å². The Labute approximate surface area is 104 Å². The zero-order valence-electron chi connectivity index (χ0n) is 10.1. The summed E-state index contributed by atoms with van der Waals surface area (Å²) in [4.78, 5) is 0. The van der Waals surface area contributed by atoms with Gasteiger partial charge in [0.2, 0.25) is 0 Å². The van der Waals surface area contributed by atoms with E-state index in [0.29, 0.717) is 24.4 Å². The Hall–Kier alpha value is -1.39. The van der Waals surface area contributed by atoms with Crippen LogP contribution in [0.3, 0.4) is 0 Å². The molecule has 2 atom stereocenters. The molecule has 1 aliphatic rings. The lowest BCUT2D eigenvalue weighted by Crippen LogP contribution is -2.31. The van der Waals surface area contributed by atoms with E-state index in [1.807, 2.05) is 0 Å². The molecule has 1 aromatic heterocycles. The summed E-state index contributed by atoms with van der Waals surface area (Å²) in [6, 6.07) is 6.46. The first-order valence-electron chi connectivity index (χ1n) is 6.07. The van der Waals surface area contributed by atoms with Gasteiger partial charge in [-0.05, 0) is 25.5 Å². The minimum Gasteiger partial charge on any atom is -0.455 e. The fourth-order valence-electron chi connectivity index (χ4n) is 2.46. The number of fused-ring (bicyclic) bond motifs is 1. The van der Waals surface area contributed by atoms with Gasteiger partial charge in [0.15, 0.2) is 11.4 Å². The zero-order chi connectivity index (χ0) is 12.8. The number of halogens is 1. The van der Waals surface area contributed by atoms with Gasteiger partial charge in [0.25, 0.3) is 0 Å². The zero-order valence-corrected chi connectivity index (χ0v) is 10.1. The van der Waals surface area contributed by atoms with Gasteiger partial charge in [0.1, 0.15) is 11.4 Å². The van der Waals surface area contributed by atoms with Gasteiger partial charge in [0, 0.05) is 17.9 Å². The molecule has 3 rings (SSSR count). The van der Waals surface area contributed by atoms with Gasteiger partial charge in [-0.15, -0.1) is 0 Å². The monoisotopic (exact) mass is 250 g/mol. The van der Waals surface area contributed by atoms with Gasteiger partial charge >= 0.3 is 0 Å². The van der Waals surface area contributed by atoms with Crippen molar-refractivity contribution in [2.24, 2.45) is 5.92 Å². The largest absolute Gasteiger partial charge is 0.455 e. The second kappa shape index (κ2) is 4.07. The number of aliphatic hydroxyl groups is 1. The number of rotatable bonds is 2. The Balaban J connectivity index is 2.05. The van der Waals surface area contributed by atoms with Crippen molar-refractivity contribution in [3.8, 4) is 0 Å². The second-order valence-electron chi connectivity index (χ2n) is 4.98. The third-order valence-corrected chi connectivity index (χ3v) is 3.72. The molecule has 0 amide bonds. The molecule has 1 N–H and O–H groups in total. The lowest BCUT2D eigenvalue weighted by atomic mass is 9.86. The van der Waals surface area contributed by atoms with Crippen LogP contribution in [0.5, 0.6) is 0 Å². The van der Waals surface area contributed by atoms with Gasteiger partial charge in [-0.25, -0.2) is 4.39 Å². The van der Waals surface area contributed by atoms with Gasteiger partial charge in [-0.2, -0.15) is 0 Å². The Morgan fingerprint density at radius 3 is 2.94 bits per heavy atom. The molecule has 0 bridgehead atoms. The molecular weight excluding hydrogens is 235 g/mol. The van der Waals surface area contributed by atoms with Crippen LogP contribution in [-0.2, 0) is 10.3 Å². The first-order chi connectivity index (χ1) is 8.59. The highest BCUT2D eigenvalue weighted by molar-refractivity contribution is 5.78. The normalized spacial score (nSPS) is 23.4. The highest BCUT2D eigenvalue weighted by Crippen LogP contribution is 2.37.